The molecule has 0 fully saturated rings. The van der Waals surface area contributed by atoms with Gasteiger partial charge < -0.3 is 14.7 Å². The van der Waals surface area contributed by atoms with Crippen LogP contribution in [0, 0.1) is 17.0 Å². The third-order valence-corrected chi connectivity index (χ3v) is 2.57. The lowest BCUT2D eigenvalue weighted by Gasteiger charge is -2.21. The molecular formula is C10H15ClN4O4. The van der Waals surface area contributed by atoms with Gasteiger partial charge in [0.2, 0.25) is 11.1 Å². The molecule has 1 atom stereocenters. The van der Waals surface area contributed by atoms with Crippen molar-refractivity contribution in [2.24, 2.45) is 0 Å². The van der Waals surface area contributed by atoms with E-state index < -0.39 is 11.0 Å². The fourth-order valence-electron chi connectivity index (χ4n) is 1.65. The molecule has 19 heavy (non-hydrogen) atoms. The lowest BCUT2D eigenvalue weighted by atomic mass is 10.3. The SMILES string of the molecule is COCC(O)CN(C)c1nc(Cl)nc(C)c1[N+](=O)[O-]. The molecule has 1 unspecified atom stereocenters. The van der Waals surface area contributed by atoms with Gasteiger partial charge >= 0.3 is 5.69 Å². The second-order valence-electron chi connectivity index (χ2n) is 4.00. The molecule has 0 amide bonds. The molecule has 0 radical (unpaired) electrons. The normalized spacial score (nSPS) is 12.3. The average Bonchev–Trinajstić information content (AvgIpc) is 2.27. The highest BCUT2D eigenvalue weighted by Crippen LogP contribution is 2.29. The van der Waals surface area contributed by atoms with Crippen LogP contribution >= 0.6 is 11.6 Å². The van der Waals surface area contributed by atoms with E-state index in [1.54, 1.807) is 7.05 Å². The number of hydrogen-bond acceptors (Lipinski definition) is 7. The molecule has 0 aromatic carbocycles. The highest BCUT2D eigenvalue weighted by Gasteiger charge is 2.25. The third-order valence-electron chi connectivity index (χ3n) is 2.40. The number of likely N-dealkylation sites (N-methyl/N-ethyl adjacent to an activating group) is 1. The summed E-state index contributed by atoms with van der Waals surface area (Å²) < 4.78 is 4.80. The predicted octanol–water partition coefficient (Wildman–Crippen LogP) is 0.790. The van der Waals surface area contributed by atoms with Crippen molar-refractivity contribution in [1.29, 1.82) is 0 Å². The minimum atomic E-state index is -0.788. The first kappa shape index (κ1) is 15.5. The number of aromatic nitrogens is 2. The van der Waals surface area contributed by atoms with Gasteiger partial charge in [0.25, 0.3) is 0 Å². The Balaban J connectivity index is 3.07. The van der Waals surface area contributed by atoms with Crippen LogP contribution in [-0.4, -0.2) is 53.4 Å². The van der Waals surface area contributed by atoms with Crippen LogP contribution in [0.2, 0.25) is 5.28 Å². The van der Waals surface area contributed by atoms with E-state index in [4.69, 9.17) is 16.3 Å². The smallest absolute Gasteiger partial charge is 0.332 e. The molecule has 0 spiro atoms. The van der Waals surface area contributed by atoms with Crippen LogP contribution in [0.5, 0.6) is 0 Å². The first-order chi connectivity index (χ1) is 8.86. The van der Waals surface area contributed by atoms with E-state index in [1.807, 2.05) is 0 Å². The Morgan fingerprint density at radius 2 is 2.21 bits per heavy atom. The number of anilines is 1. The summed E-state index contributed by atoms with van der Waals surface area (Å²) in [5.41, 5.74) is -0.0513. The fourth-order valence-corrected chi connectivity index (χ4v) is 1.85. The topological polar surface area (TPSA) is 102 Å². The molecule has 0 aliphatic rings. The van der Waals surface area contributed by atoms with Crippen LogP contribution in [0.4, 0.5) is 11.5 Å². The summed E-state index contributed by atoms with van der Waals surface area (Å²) in [7, 11) is 3.03. The van der Waals surface area contributed by atoms with Crippen molar-refractivity contribution >= 4 is 23.1 Å². The molecule has 1 aromatic heterocycles. The Hall–Kier alpha value is -1.51. The molecule has 1 aromatic rings. The summed E-state index contributed by atoms with van der Waals surface area (Å²) in [6.45, 7) is 1.73. The molecular weight excluding hydrogens is 276 g/mol. The number of nitro groups is 1. The maximum absolute atomic E-state index is 11.0. The Bertz CT molecular complexity index is 471. The highest BCUT2D eigenvalue weighted by molar-refractivity contribution is 6.28. The minimum Gasteiger partial charge on any atom is -0.389 e. The van der Waals surface area contributed by atoms with Crippen LogP contribution in [-0.2, 0) is 4.74 Å². The molecule has 0 aliphatic heterocycles. The maximum Gasteiger partial charge on any atom is 0.332 e. The van der Waals surface area contributed by atoms with Crippen LogP contribution in [0.3, 0.4) is 0 Å². The Morgan fingerprint density at radius 3 is 2.74 bits per heavy atom. The summed E-state index contributed by atoms with van der Waals surface area (Å²) in [5, 5.41) is 20.6. The maximum atomic E-state index is 11.0. The summed E-state index contributed by atoms with van der Waals surface area (Å²) in [6.07, 6.45) is -0.788. The largest absolute Gasteiger partial charge is 0.389 e. The van der Waals surface area contributed by atoms with Gasteiger partial charge in [-0.25, -0.2) is 4.98 Å². The van der Waals surface area contributed by atoms with Crippen molar-refractivity contribution in [3.05, 3.63) is 21.1 Å². The van der Waals surface area contributed by atoms with Gasteiger partial charge in [-0.2, -0.15) is 4.98 Å². The van der Waals surface area contributed by atoms with E-state index in [-0.39, 0.29) is 35.6 Å². The number of hydrogen-bond donors (Lipinski definition) is 1. The van der Waals surface area contributed by atoms with E-state index in [1.165, 1.54) is 18.9 Å². The van der Waals surface area contributed by atoms with Crippen LogP contribution in [0.15, 0.2) is 0 Å². The zero-order valence-electron chi connectivity index (χ0n) is 10.8. The van der Waals surface area contributed by atoms with Crippen LogP contribution in [0.1, 0.15) is 5.69 Å². The monoisotopic (exact) mass is 290 g/mol. The van der Waals surface area contributed by atoms with E-state index >= 15 is 0 Å². The van der Waals surface area contributed by atoms with Crippen molar-refractivity contribution < 1.29 is 14.8 Å². The standard InChI is InChI=1S/C10H15ClN4O4/c1-6-8(15(17)18)9(13-10(11)12-6)14(2)4-7(16)5-19-3/h7,16H,4-5H2,1-3H3. The average molecular weight is 291 g/mol. The highest BCUT2D eigenvalue weighted by atomic mass is 35.5. The second kappa shape index (κ2) is 6.60. The number of halogens is 1. The van der Waals surface area contributed by atoms with Crippen molar-refractivity contribution in [2.45, 2.75) is 13.0 Å². The van der Waals surface area contributed by atoms with Crippen molar-refractivity contribution in [3.8, 4) is 0 Å². The number of aryl methyl sites for hydroxylation is 1. The number of rotatable bonds is 6. The Kier molecular flexibility index (Phi) is 5.40. The summed E-state index contributed by atoms with van der Waals surface area (Å²) in [5.74, 6) is 0.0673. The van der Waals surface area contributed by atoms with Gasteiger partial charge in [0.1, 0.15) is 5.69 Å². The molecule has 0 aliphatic carbocycles. The van der Waals surface area contributed by atoms with Gasteiger partial charge in [0, 0.05) is 20.7 Å². The fraction of sp³-hybridized carbons (Fsp3) is 0.600. The van der Waals surface area contributed by atoms with Gasteiger partial charge in [-0.3, -0.25) is 10.1 Å². The van der Waals surface area contributed by atoms with Gasteiger partial charge in [-0.1, -0.05) is 0 Å². The minimum absolute atomic E-state index is 0.0673. The molecule has 0 saturated heterocycles. The number of aliphatic hydroxyl groups excluding tert-OH is 1. The Labute approximate surface area is 115 Å². The quantitative estimate of drug-likeness (QED) is 0.469. The number of methoxy groups -OCH3 is 1. The molecule has 0 bridgehead atoms. The van der Waals surface area contributed by atoms with E-state index in [2.05, 4.69) is 9.97 Å². The van der Waals surface area contributed by atoms with Gasteiger partial charge in [-0.15, -0.1) is 0 Å². The molecule has 0 saturated carbocycles. The molecule has 1 N–H and O–H groups in total. The first-order valence-electron chi connectivity index (χ1n) is 5.43. The lowest BCUT2D eigenvalue weighted by Crippen LogP contribution is -2.33. The summed E-state index contributed by atoms with van der Waals surface area (Å²) in [4.78, 5) is 19.5. The van der Waals surface area contributed by atoms with E-state index in [0.717, 1.165) is 0 Å². The van der Waals surface area contributed by atoms with Crippen molar-refractivity contribution in [1.82, 2.24) is 9.97 Å². The molecule has 1 heterocycles. The second-order valence-corrected chi connectivity index (χ2v) is 4.34. The zero-order valence-corrected chi connectivity index (χ0v) is 11.6. The van der Waals surface area contributed by atoms with Crippen molar-refractivity contribution in [3.63, 3.8) is 0 Å². The number of aliphatic hydroxyl groups is 1. The summed E-state index contributed by atoms with van der Waals surface area (Å²) in [6, 6.07) is 0. The number of nitrogens with zero attached hydrogens (tertiary/aromatic N) is 4. The Morgan fingerprint density at radius 1 is 1.58 bits per heavy atom. The number of ether oxygens (including phenoxy) is 1. The molecule has 8 nitrogen and oxygen atoms in total. The van der Waals surface area contributed by atoms with Crippen LogP contribution < -0.4 is 4.90 Å². The van der Waals surface area contributed by atoms with Gasteiger partial charge in [0.15, 0.2) is 0 Å². The van der Waals surface area contributed by atoms with Gasteiger partial charge in [-0.05, 0) is 18.5 Å². The molecule has 1 rings (SSSR count). The summed E-state index contributed by atoms with van der Waals surface area (Å²) >= 11 is 5.71. The third kappa shape index (κ3) is 3.98. The van der Waals surface area contributed by atoms with Crippen LogP contribution in [0.25, 0.3) is 0 Å². The van der Waals surface area contributed by atoms with E-state index in [0.29, 0.717) is 0 Å². The molecule has 106 valence electrons. The van der Waals surface area contributed by atoms with Gasteiger partial charge in [0.05, 0.1) is 17.6 Å². The first-order valence-corrected chi connectivity index (χ1v) is 5.81. The predicted molar refractivity (Wildman–Crippen MR) is 69.6 cm³/mol. The van der Waals surface area contributed by atoms with Crippen molar-refractivity contribution in [2.75, 3.05) is 32.2 Å². The zero-order chi connectivity index (χ0) is 14.6. The van der Waals surface area contributed by atoms with E-state index in [9.17, 15) is 15.2 Å². The molecule has 9 heteroatoms. The lowest BCUT2D eigenvalue weighted by molar-refractivity contribution is -0.385.